The smallest absolute Gasteiger partial charge is 0.404 e. The lowest BCUT2D eigenvalue weighted by Crippen LogP contribution is -2.11. The maximum absolute atomic E-state index is 9.60. The summed E-state index contributed by atoms with van der Waals surface area (Å²) in [6.45, 7) is 7.02. The average Bonchev–Trinajstić information content (AvgIpc) is 2.90. The molecule has 6 nitrogen and oxygen atoms in total. The van der Waals surface area contributed by atoms with E-state index in [4.69, 9.17) is 5.11 Å². The van der Waals surface area contributed by atoms with E-state index in [9.17, 15) is 9.59 Å². The highest BCUT2D eigenvalue weighted by Crippen LogP contribution is 1.84. The minimum Gasteiger partial charge on any atom is -0.478 e. The molecule has 1 rings (SSSR count). The summed E-state index contributed by atoms with van der Waals surface area (Å²) >= 11 is 0. The van der Waals surface area contributed by atoms with Gasteiger partial charge in [0.25, 0.3) is 0 Å². The van der Waals surface area contributed by atoms with E-state index >= 15 is 0 Å². The van der Waals surface area contributed by atoms with Gasteiger partial charge in [0.1, 0.15) is 0 Å². The van der Waals surface area contributed by atoms with Gasteiger partial charge in [0.2, 0.25) is 0 Å². The number of nitrogens with two attached hydrogens (primary N) is 1. The summed E-state index contributed by atoms with van der Waals surface area (Å²) in [5, 5.41) is 7.60. The third-order valence-electron chi connectivity index (χ3n) is 0.665. The zero-order valence-electron chi connectivity index (χ0n) is 8.06. The SMILES string of the molecule is C1CO1.C=CC(=O)O.CCOC(N)=O. The lowest BCUT2D eigenvalue weighted by Gasteiger charge is -1.89. The quantitative estimate of drug-likeness (QED) is 0.501. The van der Waals surface area contributed by atoms with E-state index in [1.807, 2.05) is 0 Å². The van der Waals surface area contributed by atoms with Crippen LogP contribution in [0.2, 0.25) is 0 Å². The van der Waals surface area contributed by atoms with Crippen LogP contribution in [0.15, 0.2) is 12.7 Å². The first-order chi connectivity index (χ1) is 6.54. The van der Waals surface area contributed by atoms with Crippen molar-refractivity contribution in [3.8, 4) is 0 Å². The molecule has 6 heteroatoms. The molecule has 1 saturated heterocycles. The highest BCUT2D eigenvalue weighted by atomic mass is 16.6. The second kappa shape index (κ2) is 11.4. The van der Waals surface area contributed by atoms with Crippen molar-refractivity contribution >= 4 is 12.1 Å². The van der Waals surface area contributed by atoms with Gasteiger partial charge in [0, 0.05) is 6.08 Å². The van der Waals surface area contributed by atoms with Gasteiger partial charge in [0.15, 0.2) is 0 Å². The topological polar surface area (TPSA) is 102 Å². The number of rotatable bonds is 2. The third kappa shape index (κ3) is 47.2. The Hall–Kier alpha value is -1.56. The zero-order chi connectivity index (χ0) is 11.4. The maximum atomic E-state index is 9.60. The first-order valence-electron chi connectivity index (χ1n) is 3.89. The average molecular weight is 205 g/mol. The van der Waals surface area contributed by atoms with Crippen LogP contribution in [0.5, 0.6) is 0 Å². The van der Waals surface area contributed by atoms with Gasteiger partial charge in [-0.15, -0.1) is 0 Å². The fraction of sp³-hybridized carbons (Fsp3) is 0.500. The molecule has 82 valence electrons. The molecule has 3 N–H and O–H groups in total. The van der Waals surface area contributed by atoms with E-state index < -0.39 is 12.1 Å². The van der Waals surface area contributed by atoms with Crippen molar-refractivity contribution in [2.24, 2.45) is 5.73 Å². The van der Waals surface area contributed by atoms with E-state index in [-0.39, 0.29) is 0 Å². The molecule has 0 saturated carbocycles. The van der Waals surface area contributed by atoms with Crippen molar-refractivity contribution in [2.75, 3.05) is 19.8 Å². The van der Waals surface area contributed by atoms with Crippen molar-refractivity contribution in [1.82, 2.24) is 0 Å². The molecular formula is C8H15NO5. The Balaban J connectivity index is 0. The van der Waals surface area contributed by atoms with Crippen molar-refractivity contribution in [3.05, 3.63) is 12.7 Å². The molecule has 0 bridgehead atoms. The molecule has 0 aromatic heterocycles. The molecule has 1 amide bonds. The van der Waals surface area contributed by atoms with E-state index in [0.29, 0.717) is 6.61 Å². The predicted molar refractivity (Wildman–Crippen MR) is 49.9 cm³/mol. The number of carboxylic acids is 1. The second-order valence-corrected chi connectivity index (χ2v) is 1.91. The predicted octanol–water partition coefficient (Wildman–Crippen LogP) is 0.375. The number of hydrogen-bond acceptors (Lipinski definition) is 4. The number of amides is 1. The molecule has 1 fully saturated rings. The highest BCUT2D eigenvalue weighted by molar-refractivity contribution is 5.78. The lowest BCUT2D eigenvalue weighted by atomic mass is 10.7. The Labute approximate surface area is 82.3 Å². The van der Waals surface area contributed by atoms with Crippen LogP contribution in [0.25, 0.3) is 0 Å². The molecule has 0 unspecified atom stereocenters. The third-order valence-corrected chi connectivity index (χ3v) is 0.665. The standard InChI is InChI=1S/C3H7NO2.C3H4O2.C2H4O/c1-2-6-3(4)5;1-2-3(4)5;1-2-3-1/h2H2,1H3,(H2,4,5);2H,1H2,(H,4,5);1-2H2. The number of carboxylic acid groups (broad SMARTS) is 1. The van der Waals surface area contributed by atoms with Gasteiger partial charge in [-0.3, -0.25) is 0 Å². The van der Waals surface area contributed by atoms with E-state index in [1.54, 1.807) is 6.92 Å². The van der Waals surface area contributed by atoms with E-state index in [2.05, 4.69) is 21.8 Å². The van der Waals surface area contributed by atoms with Gasteiger partial charge in [-0.2, -0.15) is 0 Å². The fourth-order valence-corrected chi connectivity index (χ4v) is 0.142. The Kier molecular flexibility index (Phi) is 12.2. The molecule has 0 radical (unpaired) electrons. The summed E-state index contributed by atoms with van der Waals surface area (Å²) in [6.07, 6.45) is 0.123. The highest BCUT2D eigenvalue weighted by Gasteiger charge is 1.94. The summed E-state index contributed by atoms with van der Waals surface area (Å²) in [5.41, 5.74) is 4.54. The van der Waals surface area contributed by atoms with Crippen LogP contribution in [0.4, 0.5) is 4.79 Å². The van der Waals surface area contributed by atoms with Gasteiger partial charge < -0.3 is 20.3 Å². The normalized spacial score (nSPS) is 10.6. The summed E-state index contributed by atoms with van der Waals surface area (Å²) in [7, 11) is 0. The number of ether oxygens (including phenoxy) is 2. The van der Waals surface area contributed by atoms with Crippen LogP contribution in [-0.2, 0) is 14.3 Å². The molecule has 0 aliphatic carbocycles. The van der Waals surface area contributed by atoms with Crippen molar-refractivity contribution in [2.45, 2.75) is 6.92 Å². The fourth-order valence-electron chi connectivity index (χ4n) is 0.142. The molecule has 14 heavy (non-hydrogen) atoms. The molecule has 0 aromatic rings. The second-order valence-electron chi connectivity index (χ2n) is 1.91. The lowest BCUT2D eigenvalue weighted by molar-refractivity contribution is -0.131. The summed E-state index contributed by atoms with van der Waals surface area (Å²) in [4.78, 5) is 18.8. The van der Waals surface area contributed by atoms with Crippen LogP contribution >= 0.6 is 0 Å². The van der Waals surface area contributed by atoms with E-state index in [1.165, 1.54) is 0 Å². The Morgan fingerprint density at radius 2 is 2.00 bits per heavy atom. The van der Waals surface area contributed by atoms with Crippen molar-refractivity contribution in [1.29, 1.82) is 0 Å². The van der Waals surface area contributed by atoms with Crippen molar-refractivity contribution < 1.29 is 24.2 Å². The molecule has 0 aromatic carbocycles. The number of epoxide rings is 1. The Morgan fingerprint density at radius 3 is 2.00 bits per heavy atom. The minimum atomic E-state index is -0.981. The number of carbonyl (C=O) groups is 2. The van der Waals surface area contributed by atoms with E-state index in [0.717, 1.165) is 19.3 Å². The first kappa shape index (κ1) is 14.9. The van der Waals surface area contributed by atoms with Gasteiger partial charge in [-0.1, -0.05) is 6.58 Å². The molecule has 1 aliphatic heterocycles. The van der Waals surface area contributed by atoms with Crippen LogP contribution in [-0.4, -0.2) is 37.0 Å². The molecule has 1 aliphatic rings. The summed E-state index contributed by atoms with van der Waals surface area (Å²) in [6, 6.07) is 0. The zero-order valence-corrected chi connectivity index (χ0v) is 8.06. The maximum Gasteiger partial charge on any atom is 0.404 e. The monoisotopic (exact) mass is 205 g/mol. The van der Waals surface area contributed by atoms with Crippen LogP contribution < -0.4 is 5.73 Å². The van der Waals surface area contributed by atoms with Crippen LogP contribution in [0, 0.1) is 0 Å². The first-order valence-corrected chi connectivity index (χ1v) is 3.89. The number of primary amides is 1. The van der Waals surface area contributed by atoms with Crippen molar-refractivity contribution in [3.63, 3.8) is 0 Å². The molecule has 0 atom stereocenters. The Bertz CT molecular complexity index is 176. The van der Waals surface area contributed by atoms with Gasteiger partial charge in [0.05, 0.1) is 19.8 Å². The molecule has 1 heterocycles. The molecular weight excluding hydrogens is 190 g/mol. The van der Waals surface area contributed by atoms with Gasteiger partial charge in [-0.25, -0.2) is 9.59 Å². The number of carbonyl (C=O) groups excluding carboxylic acids is 1. The molecule has 0 spiro atoms. The largest absolute Gasteiger partial charge is 0.478 e. The van der Waals surface area contributed by atoms with Crippen LogP contribution in [0.3, 0.4) is 0 Å². The number of hydrogen-bond donors (Lipinski definition) is 2. The van der Waals surface area contributed by atoms with Gasteiger partial charge >= 0.3 is 12.1 Å². The Morgan fingerprint density at radius 1 is 1.64 bits per heavy atom. The minimum absolute atomic E-state index is 0.356. The van der Waals surface area contributed by atoms with Gasteiger partial charge in [-0.05, 0) is 6.92 Å². The summed E-state index contributed by atoms with van der Waals surface area (Å²) < 4.78 is 8.68. The summed E-state index contributed by atoms with van der Waals surface area (Å²) in [5.74, 6) is -0.981. The number of aliphatic carboxylic acids is 1. The van der Waals surface area contributed by atoms with Crippen LogP contribution in [0.1, 0.15) is 6.92 Å².